The van der Waals surface area contributed by atoms with Gasteiger partial charge in [0.05, 0.1) is 25.8 Å². The number of methoxy groups -OCH3 is 1. The van der Waals surface area contributed by atoms with Crippen LogP contribution in [0.4, 0.5) is 0 Å². The molecule has 100 valence electrons. The number of nitrogens with one attached hydrogen (secondary N) is 1. The van der Waals surface area contributed by atoms with Crippen LogP contribution in [0.5, 0.6) is 5.75 Å². The lowest BCUT2D eigenvalue weighted by atomic mass is 10.1. The molecule has 1 aromatic heterocycles. The lowest BCUT2D eigenvalue weighted by molar-refractivity contribution is -0.121. The van der Waals surface area contributed by atoms with Crippen molar-refractivity contribution in [3.63, 3.8) is 0 Å². The van der Waals surface area contributed by atoms with E-state index in [-0.39, 0.29) is 11.9 Å². The molecule has 0 saturated carbocycles. The minimum Gasteiger partial charge on any atom is -0.497 e. The van der Waals surface area contributed by atoms with Crippen molar-refractivity contribution in [1.29, 1.82) is 0 Å². The molecule has 2 rings (SSSR count). The lowest BCUT2D eigenvalue weighted by Gasteiger charge is -2.11. The summed E-state index contributed by atoms with van der Waals surface area (Å²) >= 11 is 0. The van der Waals surface area contributed by atoms with E-state index >= 15 is 0 Å². The molecule has 1 N–H and O–H groups in total. The molecule has 0 saturated heterocycles. The van der Waals surface area contributed by atoms with Gasteiger partial charge in [-0.2, -0.15) is 0 Å². The van der Waals surface area contributed by atoms with E-state index in [1.165, 1.54) is 0 Å². The van der Waals surface area contributed by atoms with Crippen LogP contribution in [-0.4, -0.2) is 13.0 Å². The molecule has 0 radical (unpaired) electrons. The molecule has 19 heavy (non-hydrogen) atoms. The second-order valence-electron chi connectivity index (χ2n) is 4.33. The average Bonchev–Trinajstić information content (AvgIpc) is 2.93. The van der Waals surface area contributed by atoms with E-state index in [0.717, 1.165) is 17.1 Å². The van der Waals surface area contributed by atoms with Gasteiger partial charge >= 0.3 is 0 Å². The fraction of sp³-hybridized carbons (Fsp3) is 0.267. The van der Waals surface area contributed by atoms with Crippen molar-refractivity contribution in [3.8, 4) is 5.75 Å². The topological polar surface area (TPSA) is 51.5 Å². The Morgan fingerprint density at radius 1 is 1.32 bits per heavy atom. The van der Waals surface area contributed by atoms with Crippen LogP contribution in [0.3, 0.4) is 0 Å². The minimum absolute atomic E-state index is 0.0333. The van der Waals surface area contributed by atoms with Crippen molar-refractivity contribution < 1.29 is 13.9 Å². The Kier molecular flexibility index (Phi) is 4.23. The molecule has 0 fully saturated rings. The Balaban J connectivity index is 1.90. The molecule has 0 aliphatic heterocycles. The number of furan rings is 1. The van der Waals surface area contributed by atoms with Crippen molar-refractivity contribution in [1.82, 2.24) is 5.32 Å². The third kappa shape index (κ3) is 3.61. The first kappa shape index (κ1) is 13.2. The monoisotopic (exact) mass is 259 g/mol. The third-order valence-corrected chi connectivity index (χ3v) is 2.87. The zero-order chi connectivity index (χ0) is 13.7. The summed E-state index contributed by atoms with van der Waals surface area (Å²) < 4.78 is 10.3. The van der Waals surface area contributed by atoms with E-state index < -0.39 is 0 Å². The molecule has 1 heterocycles. The van der Waals surface area contributed by atoms with Gasteiger partial charge in [-0.1, -0.05) is 12.1 Å². The fourth-order valence-corrected chi connectivity index (χ4v) is 1.83. The summed E-state index contributed by atoms with van der Waals surface area (Å²) in [5.41, 5.74) is 0.949. The summed E-state index contributed by atoms with van der Waals surface area (Å²) in [6.07, 6.45) is 1.94. The maximum atomic E-state index is 11.9. The van der Waals surface area contributed by atoms with E-state index in [4.69, 9.17) is 9.15 Å². The minimum atomic E-state index is -0.124. The zero-order valence-corrected chi connectivity index (χ0v) is 11.1. The second-order valence-corrected chi connectivity index (χ2v) is 4.33. The van der Waals surface area contributed by atoms with Crippen LogP contribution in [0.25, 0.3) is 0 Å². The van der Waals surface area contributed by atoms with Crippen molar-refractivity contribution in [2.45, 2.75) is 19.4 Å². The molecule has 1 amide bonds. The highest BCUT2D eigenvalue weighted by Gasteiger charge is 2.12. The fourth-order valence-electron chi connectivity index (χ4n) is 1.83. The normalized spacial score (nSPS) is 11.9. The van der Waals surface area contributed by atoms with Crippen LogP contribution in [0.2, 0.25) is 0 Å². The largest absolute Gasteiger partial charge is 0.497 e. The Morgan fingerprint density at radius 2 is 2.05 bits per heavy atom. The van der Waals surface area contributed by atoms with E-state index in [1.807, 2.05) is 43.3 Å². The van der Waals surface area contributed by atoms with Gasteiger partial charge in [0.15, 0.2) is 0 Å². The number of carbonyl (C=O) groups is 1. The highest BCUT2D eigenvalue weighted by molar-refractivity contribution is 5.78. The van der Waals surface area contributed by atoms with Gasteiger partial charge < -0.3 is 14.5 Å². The van der Waals surface area contributed by atoms with Crippen LogP contribution in [0.1, 0.15) is 24.3 Å². The summed E-state index contributed by atoms with van der Waals surface area (Å²) in [4.78, 5) is 11.9. The first-order valence-electron chi connectivity index (χ1n) is 6.14. The molecule has 0 unspecified atom stereocenters. The Morgan fingerprint density at radius 3 is 2.63 bits per heavy atom. The van der Waals surface area contributed by atoms with Crippen molar-refractivity contribution in [2.75, 3.05) is 7.11 Å². The average molecular weight is 259 g/mol. The SMILES string of the molecule is COc1ccc(CC(=O)N[C@@H](C)c2ccco2)cc1. The van der Waals surface area contributed by atoms with Gasteiger partial charge in [-0.15, -0.1) is 0 Å². The van der Waals surface area contributed by atoms with Crippen LogP contribution >= 0.6 is 0 Å². The van der Waals surface area contributed by atoms with Crippen molar-refractivity contribution >= 4 is 5.91 Å². The summed E-state index contributed by atoms with van der Waals surface area (Å²) in [5.74, 6) is 1.50. The molecular weight excluding hydrogens is 242 g/mol. The predicted octanol–water partition coefficient (Wildman–Crippen LogP) is 2.71. The summed E-state index contributed by atoms with van der Waals surface area (Å²) in [7, 11) is 1.62. The second kappa shape index (κ2) is 6.09. The number of hydrogen-bond donors (Lipinski definition) is 1. The van der Waals surface area contributed by atoms with E-state index in [1.54, 1.807) is 13.4 Å². The summed E-state index contributed by atoms with van der Waals surface area (Å²) in [6.45, 7) is 1.89. The number of rotatable bonds is 5. The Bertz CT molecular complexity index is 517. The molecular formula is C15H17NO3. The summed E-state index contributed by atoms with van der Waals surface area (Å²) in [5, 5.41) is 2.90. The van der Waals surface area contributed by atoms with Gasteiger partial charge in [0.25, 0.3) is 0 Å². The van der Waals surface area contributed by atoms with Gasteiger partial charge in [-0.3, -0.25) is 4.79 Å². The van der Waals surface area contributed by atoms with Crippen LogP contribution in [-0.2, 0) is 11.2 Å². The molecule has 4 nitrogen and oxygen atoms in total. The molecule has 1 aromatic carbocycles. The predicted molar refractivity (Wildman–Crippen MR) is 72.0 cm³/mol. The first-order chi connectivity index (χ1) is 9.19. The Labute approximate surface area is 112 Å². The lowest BCUT2D eigenvalue weighted by Crippen LogP contribution is -2.27. The van der Waals surface area contributed by atoms with Gasteiger partial charge in [0.2, 0.25) is 5.91 Å². The number of benzene rings is 1. The van der Waals surface area contributed by atoms with Gasteiger partial charge in [0, 0.05) is 0 Å². The summed E-state index contributed by atoms with van der Waals surface area (Å²) in [6, 6.07) is 11.0. The van der Waals surface area contributed by atoms with Crippen LogP contribution in [0, 0.1) is 0 Å². The number of carbonyl (C=O) groups excluding carboxylic acids is 1. The quantitative estimate of drug-likeness (QED) is 0.898. The highest BCUT2D eigenvalue weighted by Crippen LogP contribution is 2.14. The standard InChI is InChI=1S/C15H17NO3/c1-11(14-4-3-9-19-14)16-15(17)10-12-5-7-13(18-2)8-6-12/h3-9,11H,10H2,1-2H3,(H,16,17)/t11-/m0/s1. The van der Waals surface area contributed by atoms with Crippen molar-refractivity contribution in [3.05, 3.63) is 54.0 Å². The molecule has 2 aromatic rings. The highest BCUT2D eigenvalue weighted by atomic mass is 16.5. The number of amides is 1. The zero-order valence-electron chi connectivity index (χ0n) is 11.1. The maximum Gasteiger partial charge on any atom is 0.224 e. The van der Waals surface area contributed by atoms with Crippen molar-refractivity contribution in [2.24, 2.45) is 0 Å². The van der Waals surface area contributed by atoms with Gasteiger partial charge in [-0.25, -0.2) is 0 Å². The van der Waals surface area contributed by atoms with E-state index in [2.05, 4.69) is 5.32 Å². The molecule has 4 heteroatoms. The number of hydrogen-bond acceptors (Lipinski definition) is 3. The molecule has 0 aliphatic carbocycles. The maximum absolute atomic E-state index is 11.9. The molecule has 0 bridgehead atoms. The number of ether oxygens (including phenoxy) is 1. The molecule has 0 aliphatic rings. The molecule has 0 spiro atoms. The third-order valence-electron chi connectivity index (χ3n) is 2.87. The van der Waals surface area contributed by atoms with Gasteiger partial charge in [-0.05, 0) is 36.8 Å². The molecule has 1 atom stereocenters. The van der Waals surface area contributed by atoms with E-state index in [9.17, 15) is 4.79 Å². The first-order valence-corrected chi connectivity index (χ1v) is 6.14. The van der Waals surface area contributed by atoms with Crippen LogP contribution in [0.15, 0.2) is 47.1 Å². The van der Waals surface area contributed by atoms with E-state index in [0.29, 0.717) is 6.42 Å². The smallest absolute Gasteiger partial charge is 0.224 e. The van der Waals surface area contributed by atoms with Crippen LogP contribution < -0.4 is 10.1 Å². The Hall–Kier alpha value is -2.23. The van der Waals surface area contributed by atoms with Gasteiger partial charge in [0.1, 0.15) is 11.5 Å².